The highest BCUT2D eigenvalue weighted by atomic mass is 35.5. The average molecular weight is 499 g/mol. The Morgan fingerprint density at radius 1 is 1.17 bits per heavy atom. The van der Waals surface area contributed by atoms with E-state index < -0.39 is 0 Å². The van der Waals surface area contributed by atoms with Gasteiger partial charge in [0.05, 0.1) is 5.92 Å². The Balaban J connectivity index is 0.00000342. The van der Waals surface area contributed by atoms with Crippen molar-refractivity contribution in [2.75, 3.05) is 32.1 Å². The second-order valence-electron chi connectivity index (χ2n) is 8.01. The molecule has 0 saturated carbocycles. The van der Waals surface area contributed by atoms with E-state index in [4.69, 9.17) is 4.52 Å². The summed E-state index contributed by atoms with van der Waals surface area (Å²) in [5.41, 5.74) is 1.57. The number of carbonyl (C=O) groups excluding carboxylic acids is 2. The molecular weight excluding hydrogens is 472 g/mol. The number of carbonyl (C=O) groups is 2. The lowest BCUT2D eigenvalue weighted by Gasteiger charge is -2.20. The Hall–Kier alpha value is -3.86. The number of nitrogens with one attached hydrogen (secondary N) is 2. The van der Waals surface area contributed by atoms with E-state index in [-0.39, 0.29) is 36.6 Å². The van der Waals surface area contributed by atoms with Crippen LogP contribution in [0.15, 0.2) is 68.8 Å². The van der Waals surface area contributed by atoms with E-state index in [1.54, 1.807) is 6.20 Å². The van der Waals surface area contributed by atoms with Crippen molar-refractivity contribution in [2.45, 2.75) is 19.3 Å². The topological polar surface area (TPSA) is 138 Å². The maximum absolute atomic E-state index is 12.2. The van der Waals surface area contributed by atoms with Crippen molar-refractivity contribution >= 4 is 30.0 Å². The van der Waals surface area contributed by atoms with Crippen LogP contribution in [0.3, 0.4) is 0 Å². The molecule has 12 heteroatoms. The van der Waals surface area contributed by atoms with Crippen LogP contribution in [0, 0.1) is 5.92 Å². The zero-order valence-electron chi connectivity index (χ0n) is 19.5. The Labute approximate surface area is 208 Å². The molecule has 0 fully saturated rings. The monoisotopic (exact) mass is 498 g/mol. The highest BCUT2D eigenvalue weighted by molar-refractivity contribution is 5.86. The van der Waals surface area contributed by atoms with Crippen molar-refractivity contribution in [3.8, 4) is 11.4 Å². The third-order valence-electron chi connectivity index (χ3n) is 5.28. The minimum Gasteiger partial charge on any atom is -0.368 e. The Bertz CT molecular complexity index is 1170. The van der Waals surface area contributed by atoms with Crippen LogP contribution in [0.5, 0.6) is 0 Å². The smallest absolute Gasteiger partial charge is 0.276 e. The van der Waals surface area contributed by atoms with Gasteiger partial charge in [-0.15, -0.1) is 22.6 Å². The largest absolute Gasteiger partial charge is 0.368 e. The molecule has 0 spiro atoms. The summed E-state index contributed by atoms with van der Waals surface area (Å²) in [6.45, 7) is 1.09. The van der Waals surface area contributed by atoms with Crippen LogP contribution in [0.4, 0.5) is 5.82 Å². The molecule has 2 aromatic heterocycles. The van der Waals surface area contributed by atoms with Gasteiger partial charge in [0.25, 0.3) is 5.91 Å². The van der Waals surface area contributed by atoms with E-state index in [1.165, 1.54) is 0 Å². The fourth-order valence-electron chi connectivity index (χ4n) is 3.43. The van der Waals surface area contributed by atoms with Crippen molar-refractivity contribution in [1.82, 2.24) is 25.8 Å². The molecule has 0 bridgehead atoms. The molecule has 11 nitrogen and oxygen atoms in total. The summed E-state index contributed by atoms with van der Waals surface area (Å²) in [5.74, 6) is 1.55. The van der Waals surface area contributed by atoms with Gasteiger partial charge in [-0.3, -0.25) is 9.59 Å². The highest BCUT2D eigenvalue weighted by Gasteiger charge is 2.26. The number of pyridine rings is 1. The van der Waals surface area contributed by atoms with E-state index in [9.17, 15) is 9.59 Å². The number of allylic oxidation sites excluding steroid dienone is 3. The van der Waals surface area contributed by atoms with Crippen molar-refractivity contribution in [2.24, 2.45) is 16.1 Å². The fourth-order valence-corrected chi connectivity index (χ4v) is 3.43. The Morgan fingerprint density at radius 2 is 2.03 bits per heavy atom. The number of amides is 2. The first-order valence-corrected chi connectivity index (χ1v) is 11.0. The molecule has 2 aromatic rings. The first-order chi connectivity index (χ1) is 16.5. The van der Waals surface area contributed by atoms with Gasteiger partial charge in [0, 0.05) is 57.4 Å². The maximum atomic E-state index is 12.2. The number of aromatic nitrogens is 3. The van der Waals surface area contributed by atoms with Crippen LogP contribution in [-0.2, 0) is 16.0 Å². The third kappa shape index (κ3) is 6.60. The van der Waals surface area contributed by atoms with Crippen LogP contribution < -0.4 is 15.5 Å². The van der Waals surface area contributed by atoms with Crippen molar-refractivity contribution in [1.29, 1.82) is 0 Å². The molecular formula is C23H27ClN8O3. The van der Waals surface area contributed by atoms with Crippen molar-refractivity contribution in [3.63, 3.8) is 0 Å². The van der Waals surface area contributed by atoms with Gasteiger partial charge in [0.15, 0.2) is 5.82 Å². The second kappa shape index (κ2) is 12.0. The maximum Gasteiger partial charge on any atom is 0.276 e. The van der Waals surface area contributed by atoms with Crippen molar-refractivity contribution < 1.29 is 14.1 Å². The molecule has 0 radical (unpaired) electrons. The molecule has 2 N–H and O–H groups in total. The number of anilines is 1. The standard InChI is InChI=1S/C23H26N8O3.ClH/c1-31(2)18-9-8-15(14-26-18)21-27-20(34-30-21)11-10-19(32)24-12-5-13-25-22-16-6-3-4-7-17(16)23(33)29-28-22;/h3-4,6-9,14,17,25H,5,10-13H2,1-2H3,(H,24,32);1H. The van der Waals surface area contributed by atoms with Gasteiger partial charge in [-0.05, 0) is 18.6 Å². The number of hydrogen-bond donors (Lipinski definition) is 2. The third-order valence-corrected chi connectivity index (χ3v) is 5.28. The van der Waals surface area contributed by atoms with E-state index in [1.807, 2.05) is 55.4 Å². The summed E-state index contributed by atoms with van der Waals surface area (Å²) in [5, 5.41) is 17.7. The molecule has 0 saturated heterocycles. The van der Waals surface area contributed by atoms with E-state index in [2.05, 4.69) is 36.0 Å². The molecule has 184 valence electrons. The van der Waals surface area contributed by atoms with Gasteiger partial charge in [-0.25, -0.2) is 4.98 Å². The van der Waals surface area contributed by atoms with Gasteiger partial charge in [0.2, 0.25) is 17.6 Å². The first kappa shape index (κ1) is 25.8. The number of hydrogen-bond acceptors (Lipinski definition) is 9. The lowest BCUT2D eigenvalue weighted by molar-refractivity contribution is -0.121. The summed E-state index contributed by atoms with van der Waals surface area (Å²) >= 11 is 0. The van der Waals surface area contributed by atoms with Gasteiger partial charge in [-0.1, -0.05) is 29.5 Å². The summed E-state index contributed by atoms with van der Waals surface area (Å²) in [4.78, 5) is 34.6. The molecule has 1 atom stereocenters. The van der Waals surface area contributed by atoms with Crippen LogP contribution in [0.2, 0.25) is 0 Å². The van der Waals surface area contributed by atoms with Crippen molar-refractivity contribution in [3.05, 3.63) is 59.9 Å². The predicted octanol–water partition coefficient (Wildman–Crippen LogP) is 2.59. The van der Waals surface area contributed by atoms with Crippen LogP contribution in [-0.4, -0.2) is 54.1 Å². The first-order valence-electron chi connectivity index (χ1n) is 11.0. The molecule has 1 aliphatic heterocycles. The molecule has 4 rings (SSSR count). The number of nitrogens with zero attached hydrogens (tertiary/aromatic N) is 6. The number of aryl methyl sites for hydroxylation is 1. The molecule has 2 amide bonds. The summed E-state index contributed by atoms with van der Waals surface area (Å²) < 4.78 is 5.26. The van der Waals surface area contributed by atoms with Gasteiger partial charge in [-0.2, -0.15) is 4.98 Å². The van der Waals surface area contributed by atoms with Crippen LogP contribution >= 0.6 is 12.4 Å². The summed E-state index contributed by atoms with van der Waals surface area (Å²) in [6, 6.07) is 3.76. The van der Waals surface area contributed by atoms with E-state index in [0.717, 1.165) is 17.0 Å². The SMILES string of the molecule is CN(C)c1ccc(-c2noc(CCC(=O)NCCCNC3=C4C=CC=CC4C(=O)N=N3)n2)cn1.Cl. The van der Waals surface area contributed by atoms with E-state index >= 15 is 0 Å². The quantitative estimate of drug-likeness (QED) is 0.477. The zero-order chi connectivity index (χ0) is 23.9. The minimum atomic E-state index is -0.372. The Kier molecular flexibility index (Phi) is 8.85. The molecule has 0 aromatic carbocycles. The number of azo groups is 1. The van der Waals surface area contributed by atoms with E-state index in [0.29, 0.717) is 43.5 Å². The molecule has 1 aliphatic carbocycles. The average Bonchev–Trinajstić information content (AvgIpc) is 3.33. The lowest BCUT2D eigenvalue weighted by Crippen LogP contribution is -2.28. The lowest BCUT2D eigenvalue weighted by atomic mass is 9.93. The second-order valence-corrected chi connectivity index (χ2v) is 8.01. The Morgan fingerprint density at radius 3 is 2.80 bits per heavy atom. The zero-order valence-corrected chi connectivity index (χ0v) is 20.3. The number of halogens is 1. The fraction of sp³-hybridized carbons (Fsp3) is 0.348. The summed E-state index contributed by atoms with van der Waals surface area (Å²) in [6.07, 6.45) is 10.3. The van der Waals surface area contributed by atoms with Crippen LogP contribution in [0.25, 0.3) is 11.4 Å². The number of fused-ring (bicyclic) bond motifs is 1. The minimum absolute atomic E-state index is 0. The molecule has 1 unspecified atom stereocenters. The molecule has 35 heavy (non-hydrogen) atoms. The van der Waals surface area contributed by atoms with Gasteiger partial charge in [0.1, 0.15) is 5.82 Å². The summed E-state index contributed by atoms with van der Waals surface area (Å²) in [7, 11) is 3.84. The number of rotatable bonds is 10. The molecule has 2 aliphatic rings. The molecule has 3 heterocycles. The van der Waals surface area contributed by atoms with Crippen LogP contribution in [0.1, 0.15) is 18.7 Å². The predicted molar refractivity (Wildman–Crippen MR) is 132 cm³/mol. The van der Waals surface area contributed by atoms with Gasteiger partial charge < -0.3 is 20.1 Å². The van der Waals surface area contributed by atoms with Gasteiger partial charge >= 0.3 is 0 Å². The highest BCUT2D eigenvalue weighted by Crippen LogP contribution is 2.27. The normalized spacial score (nSPS) is 16.1.